The standard InChI is InChI=1S/C9H9ClFNO3S/c1-4(13)2-5-7(16)3-6(12(14)15)9(11)8(5)10/h3-4,13,16H,2H2,1H3. The molecule has 1 aromatic rings. The van der Waals surface area contributed by atoms with E-state index in [9.17, 15) is 19.6 Å². The number of benzene rings is 1. The van der Waals surface area contributed by atoms with E-state index in [0.717, 1.165) is 6.07 Å². The number of halogens is 2. The van der Waals surface area contributed by atoms with Crippen molar-refractivity contribution in [3.63, 3.8) is 0 Å². The Hall–Kier alpha value is -0.850. The molecule has 1 unspecified atom stereocenters. The monoisotopic (exact) mass is 265 g/mol. The molecule has 4 nitrogen and oxygen atoms in total. The normalized spacial score (nSPS) is 12.6. The Morgan fingerprint density at radius 2 is 2.31 bits per heavy atom. The number of nitrogens with zero attached hydrogens (tertiary/aromatic N) is 1. The largest absolute Gasteiger partial charge is 0.393 e. The zero-order valence-electron chi connectivity index (χ0n) is 8.28. The van der Waals surface area contributed by atoms with E-state index in [1.54, 1.807) is 0 Å². The van der Waals surface area contributed by atoms with Gasteiger partial charge < -0.3 is 5.11 Å². The molecule has 0 bridgehead atoms. The van der Waals surface area contributed by atoms with E-state index in [4.69, 9.17) is 11.6 Å². The van der Waals surface area contributed by atoms with E-state index < -0.39 is 22.5 Å². The first-order valence-electron chi connectivity index (χ1n) is 4.37. The maximum Gasteiger partial charge on any atom is 0.307 e. The molecule has 1 rings (SSSR count). The summed E-state index contributed by atoms with van der Waals surface area (Å²) in [7, 11) is 0. The summed E-state index contributed by atoms with van der Waals surface area (Å²) < 4.78 is 13.5. The molecule has 0 saturated carbocycles. The van der Waals surface area contributed by atoms with Gasteiger partial charge in [-0.1, -0.05) is 11.6 Å². The lowest BCUT2D eigenvalue weighted by atomic mass is 10.1. The first-order valence-corrected chi connectivity index (χ1v) is 5.19. The van der Waals surface area contributed by atoms with Crippen molar-refractivity contribution in [2.24, 2.45) is 0 Å². The van der Waals surface area contributed by atoms with Gasteiger partial charge in [-0.05, 0) is 12.5 Å². The highest BCUT2D eigenvalue weighted by Gasteiger charge is 2.23. The second-order valence-corrected chi connectivity index (χ2v) is 4.19. The van der Waals surface area contributed by atoms with E-state index in [2.05, 4.69) is 12.6 Å². The Kier molecular flexibility index (Phi) is 4.12. The van der Waals surface area contributed by atoms with E-state index in [1.165, 1.54) is 6.92 Å². The van der Waals surface area contributed by atoms with Crippen LogP contribution in [0.5, 0.6) is 0 Å². The van der Waals surface area contributed by atoms with Gasteiger partial charge in [-0.3, -0.25) is 10.1 Å². The SMILES string of the molecule is CC(O)Cc1c(S)cc([N+](=O)[O-])c(F)c1Cl. The molecule has 16 heavy (non-hydrogen) atoms. The van der Waals surface area contributed by atoms with Crippen molar-refractivity contribution in [1.29, 1.82) is 0 Å². The lowest BCUT2D eigenvalue weighted by Gasteiger charge is -2.10. The van der Waals surface area contributed by atoms with Crippen LogP contribution in [-0.2, 0) is 6.42 Å². The number of thiol groups is 1. The molecule has 0 aliphatic rings. The topological polar surface area (TPSA) is 63.4 Å². The van der Waals surface area contributed by atoms with Gasteiger partial charge in [0.2, 0.25) is 5.82 Å². The second-order valence-electron chi connectivity index (χ2n) is 3.33. The van der Waals surface area contributed by atoms with Crippen molar-refractivity contribution in [3.05, 3.63) is 32.6 Å². The fourth-order valence-electron chi connectivity index (χ4n) is 1.26. The van der Waals surface area contributed by atoms with E-state index in [-0.39, 0.29) is 21.9 Å². The van der Waals surface area contributed by atoms with Gasteiger partial charge in [0.25, 0.3) is 0 Å². The third kappa shape index (κ3) is 2.63. The third-order valence-corrected chi connectivity index (χ3v) is 2.75. The van der Waals surface area contributed by atoms with Crippen LogP contribution in [0.4, 0.5) is 10.1 Å². The van der Waals surface area contributed by atoms with Crippen LogP contribution in [0.1, 0.15) is 12.5 Å². The van der Waals surface area contributed by atoms with Crippen LogP contribution in [-0.4, -0.2) is 16.1 Å². The number of nitro benzene ring substituents is 1. The molecular formula is C9H9ClFNO3S. The highest BCUT2D eigenvalue weighted by atomic mass is 35.5. The fraction of sp³-hybridized carbons (Fsp3) is 0.333. The maximum absolute atomic E-state index is 13.5. The van der Waals surface area contributed by atoms with Gasteiger partial charge >= 0.3 is 5.69 Å². The van der Waals surface area contributed by atoms with Crippen molar-refractivity contribution < 1.29 is 14.4 Å². The molecule has 0 aliphatic heterocycles. The Balaban J connectivity index is 3.34. The van der Waals surface area contributed by atoms with Crippen LogP contribution in [0.2, 0.25) is 5.02 Å². The van der Waals surface area contributed by atoms with Gasteiger partial charge in [0.05, 0.1) is 16.0 Å². The molecular weight excluding hydrogens is 257 g/mol. The number of rotatable bonds is 3. The predicted molar refractivity (Wildman–Crippen MR) is 60.7 cm³/mol. The summed E-state index contributed by atoms with van der Waals surface area (Å²) in [5.74, 6) is -1.10. The van der Waals surface area contributed by atoms with Crippen molar-refractivity contribution >= 4 is 29.9 Å². The summed E-state index contributed by atoms with van der Waals surface area (Å²) in [6, 6.07) is 0.988. The fourth-order valence-corrected chi connectivity index (χ4v) is 1.93. The highest BCUT2D eigenvalue weighted by Crippen LogP contribution is 2.33. The number of hydrogen-bond donors (Lipinski definition) is 2. The molecule has 0 amide bonds. The molecule has 0 spiro atoms. The Morgan fingerprint density at radius 3 is 2.75 bits per heavy atom. The van der Waals surface area contributed by atoms with Crippen LogP contribution in [0.3, 0.4) is 0 Å². The van der Waals surface area contributed by atoms with Crippen molar-refractivity contribution in [2.45, 2.75) is 24.3 Å². The summed E-state index contributed by atoms with van der Waals surface area (Å²) in [5.41, 5.74) is -0.451. The molecule has 1 N–H and O–H groups in total. The van der Waals surface area contributed by atoms with Crippen LogP contribution < -0.4 is 0 Å². The molecule has 0 aliphatic carbocycles. The molecule has 0 saturated heterocycles. The van der Waals surface area contributed by atoms with Crippen molar-refractivity contribution in [3.8, 4) is 0 Å². The number of aliphatic hydroxyl groups excluding tert-OH is 1. The molecule has 0 fully saturated rings. The molecule has 0 aromatic heterocycles. The van der Waals surface area contributed by atoms with Crippen LogP contribution >= 0.6 is 24.2 Å². The highest BCUT2D eigenvalue weighted by molar-refractivity contribution is 7.80. The quantitative estimate of drug-likeness (QED) is 0.502. The summed E-state index contributed by atoms with van der Waals surface area (Å²) in [6.07, 6.45) is -0.642. The molecule has 1 aromatic carbocycles. The van der Waals surface area contributed by atoms with Gasteiger partial charge in [0.15, 0.2) is 0 Å². The lowest BCUT2D eigenvalue weighted by molar-refractivity contribution is -0.387. The number of nitro groups is 1. The average Bonchev–Trinajstić information content (AvgIpc) is 2.17. The van der Waals surface area contributed by atoms with E-state index >= 15 is 0 Å². The van der Waals surface area contributed by atoms with Crippen molar-refractivity contribution in [1.82, 2.24) is 0 Å². The van der Waals surface area contributed by atoms with Crippen LogP contribution in [0.15, 0.2) is 11.0 Å². The predicted octanol–water partition coefficient (Wildman–Crippen LogP) is 2.60. The average molecular weight is 266 g/mol. The van der Waals surface area contributed by atoms with Gasteiger partial charge in [-0.25, -0.2) is 0 Å². The number of aliphatic hydroxyl groups is 1. The zero-order chi connectivity index (χ0) is 12.5. The van der Waals surface area contributed by atoms with Gasteiger partial charge in [-0.2, -0.15) is 4.39 Å². The van der Waals surface area contributed by atoms with Crippen LogP contribution in [0.25, 0.3) is 0 Å². The molecule has 88 valence electrons. The Bertz CT molecular complexity index is 439. The summed E-state index contributed by atoms with van der Waals surface area (Å²) in [5, 5.41) is 19.3. The molecule has 0 radical (unpaired) electrons. The Morgan fingerprint density at radius 1 is 1.75 bits per heavy atom. The van der Waals surface area contributed by atoms with Crippen molar-refractivity contribution in [2.75, 3.05) is 0 Å². The van der Waals surface area contributed by atoms with Gasteiger partial charge in [0, 0.05) is 17.4 Å². The summed E-state index contributed by atoms with van der Waals surface area (Å²) in [6.45, 7) is 1.50. The third-order valence-electron chi connectivity index (χ3n) is 1.96. The molecule has 0 heterocycles. The van der Waals surface area contributed by atoms with Gasteiger partial charge in [0.1, 0.15) is 0 Å². The summed E-state index contributed by atoms with van der Waals surface area (Å²) in [4.78, 5) is 9.81. The molecule has 7 heteroatoms. The maximum atomic E-state index is 13.5. The first-order chi connectivity index (χ1) is 7.34. The first kappa shape index (κ1) is 13.2. The summed E-state index contributed by atoms with van der Waals surface area (Å²) >= 11 is 9.64. The van der Waals surface area contributed by atoms with Gasteiger partial charge in [-0.15, -0.1) is 12.6 Å². The van der Waals surface area contributed by atoms with Crippen LogP contribution in [0, 0.1) is 15.9 Å². The minimum absolute atomic E-state index is 0.0899. The minimum atomic E-state index is -1.10. The second kappa shape index (κ2) is 4.99. The minimum Gasteiger partial charge on any atom is -0.393 e. The number of hydrogen-bond acceptors (Lipinski definition) is 4. The molecule has 1 atom stereocenters. The Labute approximate surface area is 102 Å². The van der Waals surface area contributed by atoms with E-state index in [1.807, 2.05) is 0 Å². The smallest absolute Gasteiger partial charge is 0.307 e. The van der Waals surface area contributed by atoms with E-state index in [0.29, 0.717) is 0 Å². The lowest BCUT2D eigenvalue weighted by Crippen LogP contribution is -2.07. The zero-order valence-corrected chi connectivity index (χ0v) is 9.93.